The highest BCUT2D eigenvalue weighted by Gasteiger charge is 2.13. The first-order chi connectivity index (χ1) is 13.5. The lowest BCUT2D eigenvalue weighted by atomic mass is 10.2. The summed E-state index contributed by atoms with van der Waals surface area (Å²) < 4.78 is 32.3. The number of halogens is 2. The van der Waals surface area contributed by atoms with Gasteiger partial charge in [-0.3, -0.25) is 9.59 Å². The van der Waals surface area contributed by atoms with Crippen LogP contribution in [0, 0.1) is 11.6 Å². The fourth-order valence-corrected chi connectivity index (χ4v) is 2.40. The minimum absolute atomic E-state index is 0.231. The van der Waals surface area contributed by atoms with Crippen molar-refractivity contribution < 1.29 is 23.1 Å². The highest BCUT2D eigenvalue weighted by Crippen LogP contribution is 2.19. The molecule has 0 fully saturated rings. The molecule has 0 spiro atoms. The van der Waals surface area contributed by atoms with Crippen LogP contribution in [-0.2, 0) is 4.79 Å². The monoisotopic (exact) mass is 382 g/mol. The SMILES string of the molecule is O=C(COc1cccc(NC(=O)c2cc(F)ccc2F)c1)Nc1ccccc1. The second-order valence-electron chi connectivity index (χ2n) is 5.81. The lowest BCUT2D eigenvalue weighted by Crippen LogP contribution is -2.20. The molecule has 0 atom stereocenters. The molecule has 3 aromatic rings. The molecule has 3 rings (SSSR count). The summed E-state index contributed by atoms with van der Waals surface area (Å²) in [7, 11) is 0. The van der Waals surface area contributed by atoms with E-state index in [9.17, 15) is 18.4 Å². The molecule has 0 unspecified atom stereocenters. The molecule has 2 N–H and O–H groups in total. The fraction of sp³-hybridized carbons (Fsp3) is 0.0476. The number of benzene rings is 3. The molecule has 7 heteroatoms. The number of rotatable bonds is 6. The van der Waals surface area contributed by atoms with Gasteiger partial charge in [0.05, 0.1) is 5.56 Å². The lowest BCUT2D eigenvalue weighted by Gasteiger charge is -2.10. The van der Waals surface area contributed by atoms with Crippen LogP contribution in [0.1, 0.15) is 10.4 Å². The van der Waals surface area contributed by atoms with E-state index in [-0.39, 0.29) is 12.5 Å². The zero-order valence-corrected chi connectivity index (χ0v) is 14.6. The van der Waals surface area contributed by atoms with Crippen molar-refractivity contribution in [3.05, 3.63) is 90.0 Å². The number of carbonyl (C=O) groups is 2. The average molecular weight is 382 g/mol. The topological polar surface area (TPSA) is 67.4 Å². The minimum atomic E-state index is -0.830. The van der Waals surface area contributed by atoms with E-state index in [1.807, 2.05) is 6.07 Å². The quantitative estimate of drug-likeness (QED) is 0.670. The van der Waals surface area contributed by atoms with Crippen LogP contribution in [0.5, 0.6) is 5.75 Å². The first-order valence-electron chi connectivity index (χ1n) is 8.35. The van der Waals surface area contributed by atoms with Crippen molar-refractivity contribution in [2.45, 2.75) is 0 Å². The van der Waals surface area contributed by atoms with Gasteiger partial charge < -0.3 is 15.4 Å². The number of hydrogen-bond donors (Lipinski definition) is 2. The molecule has 0 saturated heterocycles. The molecule has 0 aliphatic heterocycles. The number of carbonyl (C=O) groups excluding carboxylic acids is 2. The summed E-state index contributed by atoms with van der Waals surface area (Å²) in [4.78, 5) is 24.1. The maximum atomic E-state index is 13.7. The van der Waals surface area contributed by atoms with Crippen LogP contribution in [0.4, 0.5) is 20.2 Å². The second-order valence-corrected chi connectivity index (χ2v) is 5.81. The predicted octanol–water partition coefficient (Wildman–Crippen LogP) is 4.23. The Morgan fingerprint density at radius 2 is 1.57 bits per heavy atom. The van der Waals surface area contributed by atoms with Gasteiger partial charge in [0.1, 0.15) is 17.4 Å². The molecule has 2 amide bonds. The van der Waals surface area contributed by atoms with E-state index in [1.165, 1.54) is 6.07 Å². The van der Waals surface area contributed by atoms with Crippen molar-refractivity contribution in [3.8, 4) is 5.75 Å². The van der Waals surface area contributed by atoms with Crippen molar-refractivity contribution in [1.82, 2.24) is 0 Å². The van der Waals surface area contributed by atoms with Gasteiger partial charge in [0.25, 0.3) is 11.8 Å². The van der Waals surface area contributed by atoms with Gasteiger partial charge in [0.15, 0.2) is 6.61 Å². The Balaban J connectivity index is 1.60. The molecule has 0 bridgehead atoms. The van der Waals surface area contributed by atoms with Crippen LogP contribution in [-0.4, -0.2) is 18.4 Å². The maximum Gasteiger partial charge on any atom is 0.262 e. The second kappa shape index (κ2) is 8.77. The lowest BCUT2D eigenvalue weighted by molar-refractivity contribution is -0.118. The van der Waals surface area contributed by atoms with Gasteiger partial charge in [-0.2, -0.15) is 0 Å². The molecule has 5 nitrogen and oxygen atoms in total. The Hall–Kier alpha value is -3.74. The smallest absolute Gasteiger partial charge is 0.262 e. The van der Waals surface area contributed by atoms with Crippen molar-refractivity contribution in [1.29, 1.82) is 0 Å². The fourth-order valence-electron chi connectivity index (χ4n) is 2.40. The Morgan fingerprint density at radius 1 is 0.821 bits per heavy atom. The van der Waals surface area contributed by atoms with Crippen molar-refractivity contribution in [3.63, 3.8) is 0 Å². The van der Waals surface area contributed by atoms with E-state index in [4.69, 9.17) is 4.74 Å². The van der Waals surface area contributed by atoms with Crippen molar-refractivity contribution in [2.75, 3.05) is 17.2 Å². The van der Waals surface area contributed by atoms with E-state index in [0.29, 0.717) is 17.1 Å². The van der Waals surface area contributed by atoms with E-state index >= 15 is 0 Å². The molecule has 142 valence electrons. The Kier molecular flexibility index (Phi) is 5.96. The number of hydrogen-bond acceptors (Lipinski definition) is 3. The van der Waals surface area contributed by atoms with Gasteiger partial charge in [-0.25, -0.2) is 8.78 Å². The van der Waals surface area contributed by atoms with E-state index < -0.39 is 23.1 Å². The Morgan fingerprint density at radius 3 is 2.36 bits per heavy atom. The predicted molar refractivity (Wildman–Crippen MR) is 101 cm³/mol. The van der Waals surface area contributed by atoms with Gasteiger partial charge in [-0.15, -0.1) is 0 Å². The third kappa shape index (κ3) is 5.14. The van der Waals surface area contributed by atoms with E-state index in [1.54, 1.807) is 42.5 Å². The molecule has 3 aromatic carbocycles. The van der Waals surface area contributed by atoms with E-state index in [2.05, 4.69) is 10.6 Å². The number of nitrogens with one attached hydrogen (secondary N) is 2. The average Bonchev–Trinajstić information content (AvgIpc) is 2.69. The normalized spacial score (nSPS) is 10.2. The van der Waals surface area contributed by atoms with Crippen LogP contribution in [0.25, 0.3) is 0 Å². The Bertz CT molecular complexity index is 994. The van der Waals surface area contributed by atoms with Crippen LogP contribution in [0.2, 0.25) is 0 Å². The van der Waals surface area contributed by atoms with E-state index in [0.717, 1.165) is 18.2 Å². The van der Waals surface area contributed by atoms with Crippen LogP contribution in [0.3, 0.4) is 0 Å². The zero-order valence-electron chi connectivity index (χ0n) is 14.6. The van der Waals surface area contributed by atoms with Crippen LogP contribution in [0.15, 0.2) is 72.8 Å². The molecule has 0 aliphatic carbocycles. The molecule has 0 heterocycles. The summed E-state index contributed by atoms with van der Waals surface area (Å²) in [6.07, 6.45) is 0. The Labute approximate surface area is 160 Å². The van der Waals surface area contributed by atoms with Crippen LogP contribution >= 0.6 is 0 Å². The van der Waals surface area contributed by atoms with Gasteiger partial charge >= 0.3 is 0 Å². The number of ether oxygens (including phenoxy) is 1. The summed E-state index contributed by atoms with van der Waals surface area (Å²) in [6.45, 7) is -0.231. The first-order valence-corrected chi connectivity index (χ1v) is 8.35. The zero-order chi connectivity index (χ0) is 19.9. The highest BCUT2D eigenvalue weighted by molar-refractivity contribution is 6.04. The minimum Gasteiger partial charge on any atom is -0.484 e. The largest absolute Gasteiger partial charge is 0.484 e. The summed E-state index contributed by atoms with van der Waals surface area (Å²) in [5, 5.41) is 5.15. The molecule has 0 aromatic heterocycles. The van der Waals surface area contributed by atoms with Gasteiger partial charge in [0, 0.05) is 17.4 Å². The standard InChI is InChI=1S/C21H16F2N2O3/c22-14-9-10-19(23)18(11-14)21(27)25-16-7-4-8-17(12-16)28-13-20(26)24-15-5-2-1-3-6-15/h1-12H,13H2,(H,24,26)(H,25,27). The summed E-state index contributed by atoms with van der Waals surface area (Å²) >= 11 is 0. The number of anilines is 2. The summed E-state index contributed by atoms with van der Waals surface area (Å²) in [6, 6.07) is 17.8. The van der Waals surface area contributed by atoms with Gasteiger partial charge in [0.2, 0.25) is 0 Å². The summed E-state index contributed by atoms with van der Waals surface area (Å²) in [5.41, 5.74) is 0.553. The molecular weight excluding hydrogens is 366 g/mol. The highest BCUT2D eigenvalue weighted by atomic mass is 19.1. The molecular formula is C21H16F2N2O3. The van der Waals surface area contributed by atoms with Crippen molar-refractivity contribution in [2.24, 2.45) is 0 Å². The maximum absolute atomic E-state index is 13.7. The number of amides is 2. The molecule has 28 heavy (non-hydrogen) atoms. The molecule has 0 aliphatic rings. The number of para-hydroxylation sites is 1. The molecule has 0 saturated carbocycles. The first kappa shape index (κ1) is 19.0. The van der Waals surface area contributed by atoms with Crippen LogP contribution < -0.4 is 15.4 Å². The molecule has 0 radical (unpaired) electrons. The van der Waals surface area contributed by atoms with Gasteiger partial charge in [-0.1, -0.05) is 24.3 Å². The third-order valence-corrected chi connectivity index (χ3v) is 3.69. The summed E-state index contributed by atoms with van der Waals surface area (Å²) in [5.74, 6) is -2.35. The van der Waals surface area contributed by atoms with Crippen molar-refractivity contribution >= 4 is 23.2 Å². The van der Waals surface area contributed by atoms with Gasteiger partial charge in [-0.05, 0) is 42.5 Å². The third-order valence-electron chi connectivity index (χ3n) is 3.69.